The number of rotatable bonds is 4. The van der Waals surface area contributed by atoms with Crippen LogP contribution in [0.1, 0.15) is 25.7 Å². The zero-order valence-corrected chi connectivity index (χ0v) is 10.2. The summed E-state index contributed by atoms with van der Waals surface area (Å²) in [5.41, 5.74) is 1.68. The zero-order valence-electron chi connectivity index (χ0n) is 9.41. The van der Waals surface area contributed by atoms with Crippen LogP contribution in [-0.4, -0.2) is 27.7 Å². The van der Waals surface area contributed by atoms with Crippen LogP contribution in [0.3, 0.4) is 0 Å². The molecule has 17 heavy (non-hydrogen) atoms. The number of ether oxygens (including phenoxy) is 1. The molecule has 0 saturated heterocycles. The first-order chi connectivity index (χ1) is 8.22. The van der Waals surface area contributed by atoms with Gasteiger partial charge in [-0.1, -0.05) is 5.16 Å². The van der Waals surface area contributed by atoms with Crippen molar-refractivity contribution in [1.29, 1.82) is 0 Å². The van der Waals surface area contributed by atoms with Gasteiger partial charge in [-0.15, -0.1) is 11.3 Å². The van der Waals surface area contributed by atoms with E-state index in [2.05, 4.69) is 15.1 Å². The molecule has 0 N–H and O–H groups in total. The third kappa shape index (κ3) is 2.50. The minimum atomic E-state index is -0.552. The second kappa shape index (κ2) is 5.05. The Labute approximate surface area is 102 Å². The Hall–Kier alpha value is -1.76. The number of hydrogen-bond acceptors (Lipinski definition) is 7. The minimum Gasteiger partial charge on any atom is -0.465 e. The van der Waals surface area contributed by atoms with Crippen LogP contribution in [0.25, 0.3) is 10.7 Å². The number of carbonyl (C=O) groups excluding carboxylic acids is 1. The van der Waals surface area contributed by atoms with Gasteiger partial charge < -0.3 is 9.26 Å². The summed E-state index contributed by atoms with van der Waals surface area (Å²) in [6.45, 7) is 3.75. The summed E-state index contributed by atoms with van der Waals surface area (Å²) in [7, 11) is 0. The number of esters is 1. The fraction of sp³-hybridized carbons (Fsp3) is 0.400. The lowest BCUT2D eigenvalue weighted by molar-refractivity contribution is -0.145. The molecular formula is C10H11N3O3S. The molecule has 0 spiro atoms. The van der Waals surface area contributed by atoms with E-state index < -0.39 is 5.92 Å². The van der Waals surface area contributed by atoms with E-state index >= 15 is 0 Å². The summed E-state index contributed by atoms with van der Waals surface area (Å²) >= 11 is 1.41. The molecule has 6 nitrogen and oxygen atoms in total. The molecule has 0 saturated carbocycles. The second-order valence-corrected chi connectivity index (χ2v) is 4.18. The summed E-state index contributed by atoms with van der Waals surface area (Å²) < 4.78 is 9.92. The molecule has 0 aliphatic heterocycles. The van der Waals surface area contributed by atoms with E-state index in [9.17, 15) is 4.79 Å². The lowest BCUT2D eigenvalue weighted by atomic mass is 10.2. The van der Waals surface area contributed by atoms with E-state index in [1.54, 1.807) is 25.6 Å². The molecule has 0 amide bonds. The van der Waals surface area contributed by atoms with Crippen molar-refractivity contribution in [2.45, 2.75) is 19.8 Å². The molecule has 7 heteroatoms. The van der Waals surface area contributed by atoms with Gasteiger partial charge in [-0.05, 0) is 13.8 Å². The highest BCUT2D eigenvalue weighted by Gasteiger charge is 2.23. The lowest BCUT2D eigenvalue weighted by Crippen LogP contribution is -2.13. The third-order valence-electron chi connectivity index (χ3n) is 2.11. The highest BCUT2D eigenvalue weighted by atomic mass is 32.1. The number of aromatic nitrogens is 3. The molecule has 0 bridgehead atoms. The minimum absolute atomic E-state index is 0.256. The first-order valence-electron chi connectivity index (χ1n) is 5.11. The maximum Gasteiger partial charge on any atom is 0.318 e. The van der Waals surface area contributed by atoms with Gasteiger partial charge in [0.25, 0.3) is 0 Å². The van der Waals surface area contributed by atoms with Crippen LogP contribution >= 0.6 is 11.3 Å². The molecule has 1 atom stereocenters. The van der Waals surface area contributed by atoms with Crippen LogP contribution in [0.4, 0.5) is 0 Å². The van der Waals surface area contributed by atoms with Crippen LogP contribution in [0.2, 0.25) is 0 Å². The highest BCUT2D eigenvalue weighted by molar-refractivity contribution is 7.13. The lowest BCUT2D eigenvalue weighted by Gasteiger charge is -2.04. The summed E-state index contributed by atoms with van der Waals surface area (Å²) in [5.74, 6) is -0.221. The molecule has 0 aliphatic rings. The first kappa shape index (κ1) is 11.7. The monoisotopic (exact) mass is 253 g/mol. The standard InChI is InChI=1S/C10H11N3O3S/c1-3-15-10(14)6(2)9-12-8(13-16-9)7-4-11-5-17-7/h4-6H,3H2,1-2H3. The van der Waals surface area contributed by atoms with Crippen molar-refractivity contribution < 1.29 is 14.1 Å². The molecule has 0 aliphatic carbocycles. The van der Waals surface area contributed by atoms with E-state index in [-0.39, 0.29) is 11.9 Å². The van der Waals surface area contributed by atoms with Crippen LogP contribution in [0, 0.1) is 0 Å². The van der Waals surface area contributed by atoms with E-state index in [1.165, 1.54) is 11.3 Å². The van der Waals surface area contributed by atoms with E-state index in [0.717, 1.165) is 4.88 Å². The predicted octanol–water partition coefficient (Wildman–Crippen LogP) is 1.86. The van der Waals surface area contributed by atoms with E-state index in [4.69, 9.17) is 9.26 Å². The van der Waals surface area contributed by atoms with Gasteiger partial charge in [-0.2, -0.15) is 4.98 Å². The molecule has 1 unspecified atom stereocenters. The number of hydrogen-bond donors (Lipinski definition) is 0. The smallest absolute Gasteiger partial charge is 0.318 e. The molecule has 90 valence electrons. The molecule has 2 rings (SSSR count). The summed E-state index contributed by atoms with van der Waals surface area (Å²) in [5, 5.41) is 3.80. The average Bonchev–Trinajstić information content (AvgIpc) is 2.98. The molecule has 0 radical (unpaired) electrons. The van der Waals surface area contributed by atoms with Gasteiger partial charge in [0.1, 0.15) is 5.92 Å². The largest absolute Gasteiger partial charge is 0.465 e. The zero-order chi connectivity index (χ0) is 12.3. The van der Waals surface area contributed by atoms with Crippen molar-refractivity contribution in [3.8, 4) is 10.7 Å². The highest BCUT2D eigenvalue weighted by Crippen LogP contribution is 2.22. The van der Waals surface area contributed by atoms with Gasteiger partial charge in [0.2, 0.25) is 11.7 Å². The van der Waals surface area contributed by atoms with Gasteiger partial charge in [0.05, 0.1) is 17.0 Å². The van der Waals surface area contributed by atoms with Crippen LogP contribution in [-0.2, 0) is 9.53 Å². The average molecular weight is 253 g/mol. The maximum absolute atomic E-state index is 11.5. The fourth-order valence-corrected chi connectivity index (χ4v) is 1.75. The third-order valence-corrected chi connectivity index (χ3v) is 2.87. The summed E-state index contributed by atoms with van der Waals surface area (Å²) in [4.78, 5) is 20.4. The van der Waals surface area contributed by atoms with Crippen molar-refractivity contribution in [1.82, 2.24) is 15.1 Å². The Morgan fingerprint density at radius 2 is 2.47 bits per heavy atom. The summed E-state index contributed by atoms with van der Waals surface area (Å²) in [6, 6.07) is 0. The van der Waals surface area contributed by atoms with Crippen molar-refractivity contribution >= 4 is 17.3 Å². The maximum atomic E-state index is 11.5. The molecule has 2 aromatic rings. The SMILES string of the molecule is CCOC(=O)C(C)c1nc(-c2cncs2)no1. The Balaban J connectivity index is 2.16. The van der Waals surface area contributed by atoms with Crippen molar-refractivity contribution in [2.24, 2.45) is 0 Å². The van der Waals surface area contributed by atoms with Gasteiger partial charge in [0.15, 0.2) is 0 Å². The first-order valence-corrected chi connectivity index (χ1v) is 5.99. The van der Waals surface area contributed by atoms with Crippen molar-refractivity contribution in [3.05, 3.63) is 17.6 Å². The predicted molar refractivity (Wildman–Crippen MR) is 60.5 cm³/mol. The number of thiazole rings is 1. The van der Waals surface area contributed by atoms with Gasteiger partial charge in [-0.25, -0.2) is 0 Å². The molecule has 2 heterocycles. The van der Waals surface area contributed by atoms with Gasteiger partial charge >= 0.3 is 5.97 Å². The Kier molecular flexibility index (Phi) is 3.48. The summed E-state index contributed by atoms with van der Waals surface area (Å²) in [6.07, 6.45) is 1.65. The second-order valence-electron chi connectivity index (χ2n) is 3.30. The van der Waals surface area contributed by atoms with Crippen LogP contribution < -0.4 is 0 Å². The number of nitrogens with zero attached hydrogens (tertiary/aromatic N) is 3. The number of carbonyl (C=O) groups is 1. The molecule has 0 fully saturated rings. The van der Waals surface area contributed by atoms with Gasteiger partial charge in [0, 0.05) is 6.20 Å². The van der Waals surface area contributed by atoms with Crippen LogP contribution in [0.5, 0.6) is 0 Å². The van der Waals surface area contributed by atoms with Crippen molar-refractivity contribution in [2.75, 3.05) is 6.61 Å². The Morgan fingerprint density at radius 3 is 3.12 bits per heavy atom. The Morgan fingerprint density at radius 1 is 1.65 bits per heavy atom. The molecule has 0 aromatic carbocycles. The van der Waals surface area contributed by atoms with Crippen molar-refractivity contribution in [3.63, 3.8) is 0 Å². The van der Waals surface area contributed by atoms with Gasteiger partial charge in [-0.3, -0.25) is 9.78 Å². The topological polar surface area (TPSA) is 78.1 Å². The molecule has 2 aromatic heterocycles. The Bertz CT molecular complexity index is 495. The van der Waals surface area contributed by atoms with E-state index in [1.807, 2.05) is 0 Å². The molecular weight excluding hydrogens is 242 g/mol. The quantitative estimate of drug-likeness (QED) is 0.774. The van der Waals surface area contributed by atoms with Crippen LogP contribution in [0.15, 0.2) is 16.2 Å². The normalized spacial score (nSPS) is 12.4. The van der Waals surface area contributed by atoms with E-state index in [0.29, 0.717) is 12.4 Å². The fourth-order valence-electron chi connectivity index (χ4n) is 1.21.